The maximum Gasteiger partial charge on any atom is 0.225 e. The molecule has 3 atom stereocenters. The second-order valence-electron chi connectivity index (χ2n) is 7.78. The van der Waals surface area contributed by atoms with Gasteiger partial charge in [0, 0.05) is 10.3 Å². The molecular weight excluding hydrogens is 374 g/mol. The molecule has 5 nitrogen and oxygen atoms in total. The monoisotopic (exact) mass is 403 g/mol. The van der Waals surface area contributed by atoms with E-state index in [0.29, 0.717) is 16.2 Å². The highest BCUT2D eigenvalue weighted by atomic mass is 32.2. The van der Waals surface area contributed by atoms with Gasteiger partial charge in [-0.3, -0.25) is 9.00 Å². The summed E-state index contributed by atoms with van der Waals surface area (Å²) in [6, 6.07) is 14.1. The van der Waals surface area contributed by atoms with Gasteiger partial charge in [-0.2, -0.15) is 0 Å². The van der Waals surface area contributed by atoms with Crippen LogP contribution in [-0.2, 0) is 15.6 Å². The van der Waals surface area contributed by atoms with Crippen molar-refractivity contribution in [2.24, 2.45) is 5.41 Å². The highest BCUT2D eigenvalue weighted by Crippen LogP contribution is 2.26. The lowest BCUT2D eigenvalue weighted by Gasteiger charge is -2.23. The normalized spacial score (nSPS) is 14.8. The van der Waals surface area contributed by atoms with Crippen molar-refractivity contribution in [3.8, 4) is 5.75 Å². The van der Waals surface area contributed by atoms with Crippen molar-refractivity contribution in [1.29, 1.82) is 0 Å². The maximum absolute atomic E-state index is 13.0. The van der Waals surface area contributed by atoms with Gasteiger partial charge in [0.15, 0.2) is 0 Å². The first kappa shape index (κ1) is 22.1. The van der Waals surface area contributed by atoms with E-state index in [0.717, 1.165) is 5.56 Å². The molecule has 1 unspecified atom stereocenters. The van der Waals surface area contributed by atoms with Gasteiger partial charge in [0.1, 0.15) is 5.75 Å². The fourth-order valence-electron chi connectivity index (χ4n) is 2.69. The number of hydrogen-bond acceptors (Lipinski definition) is 4. The van der Waals surface area contributed by atoms with E-state index < -0.39 is 22.3 Å². The van der Waals surface area contributed by atoms with E-state index in [1.165, 1.54) is 0 Å². The molecule has 2 rings (SSSR count). The number of aliphatic hydroxyl groups is 1. The summed E-state index contributed by atoms with van der Waals surface area (Å²) in [5, 5.41) is 13.5. The summed E-state index contributed by atoms with van der Waals surface area (Å²) < 4.78 is 18.1. The Morgan fingerprint density at radius 3 is 2.32 bits per heavy atom. The molecule has 2 aromatic rings. The molecule has 28 heavy (non-hydrogen) atoms. The van der Waals surface area contributed by atoms with Crippen LogP contribution in [0.5, 0.6) is 5.75 Å². The van der Waals surface area contributed by atoms with E-state index in [2.05, 4.69) is 5.32 Å². The van der Waals surface area contributed by atoms with E-state index in [9.17, 15) is 14.1 Å². The average molecular weight is 404 g/mol. The van der Waals surface area contributed by atoms with E-state index in [4.69, 9.17) is 4.74 Å². The number of ether oxygens (including phenoxy) is 1. The summed E-state index contributed by atoms with van der Waals surface area (Å²) in [6.07, 6.45) is -0.862. The molecule has 0 radical (unpaired) electrons. The van der Waals surface area contributed by atoms with Gasteiger partial charge in [-0.25, -0.2) is 0 Å². The largest absolute Gasteiger partial charge is 0.497 e. The fourth-order valence-corrected chi connectivity index (χ4v) is 4.09. The van der Waals surface area contributed by atoms with E-state index >= 15 is 0 Å². The van der Waals surface area contributed by atoms with Gasteiger partial charge in [0.05, 0.1) is 35.8 Å². The van der Waals surface area contributed by atoms with Crippen molar-refractivity contribution in [3.63, 3.8) is 0 Å². The number of nitrogens with one attached hydrogen (secondary N) is 1. The number of amides is 1. The average Bonchev–Trinajstić information content (AvgIpc) is 2.67. The van der Waals surface area contributed by atoms with Crippen LogP contribution in [0.2, 0.25) is 0 Å². The molecule has 0 heterocycles. The zero-order valence-corrected chi connectivity index (χ0v) is 17.9. The fraction of sp³-hybridized carbons (Fsp3) is 0.409. The maximum atomic E-state index is 13.0. The number of carbonyl (C=O) groups excluding carboxylic acids is 1. The molecule has 1 amide bonds. The van der Waals surface area contributed by atoms with Crippen molar-refractivity contribution in [3.05, 3.63) is 59.7 Å². The molecule has 2 N–H and O–H groups in total. The predicted octanol–water partition coefficient (Wildman–Crippen LogP) is 3.76. The molecular formula is C22H29NO4S. The van der Waals surface area contributed by atoms with E-state index in [1.54, 1.807) is 37.4 Å². The second kappa shape index (κ2) is 9.34. The molecule has 0 aliphatic rings. The number of aliphatic hydroxyl groups excluding tert-OH is 1. The van der Waals surface area contributed by atoms with Crippen LogP contribution in [0.25, 0.3) is 0 Å². The lowest BCUT2D eigenvalue weighted by Crippen LogP contribution is -2.36. The Labute approximate surface area is 169 Å². The van der Waals surface area contributed by atoms with Gasteiger partial charge >= 0.3 is 0 Å². The van der Waals surface area contributed by atoms with Crippen molar-refractivity contribution in [1.82, 2.24) is 5.32 Å². The minimum Gasteiger partial charge on any atom is -0.497 e. The third-order valence-corrected chi connectivity index (χ3v) is 5.95. The molecule has 0 aliphatic carbocycles. The second-order valence-corrected chi connectivity index (χ2v) is 9.25. The summed E-state index contributed by atoms with van der Waals surface area (Å²) in [6.45, 7) is 7.43. The van der Waals surface area contributed by atoms with Crippen molar-refractivity contribution in [2.45, 2.75) is 44.7 Å². The molecule has 152 valence electrons. The van der Waals surface area contributed by atoms with Gasteiger partial charge in [-0.05, 0) is 36.2 Å². The summed E-state index contributed by atoms with van der Waals surface area (Å²) >= 11 is 0. The first-order valence-electron chi connectivity index (χ1n) is 9.23. The lowest BCUT2D eigenvalue weighted by molar-refractivity contribution is -0.129. The molecule has 0 spiro atoms. The Kier molecular flexibility index (Phi) is 7.38. The Morgan fingerprint density at radius 2 is 1.75 bits per heavy atom. The van der Waals surface area contributed by atoms with Gasteiger partial charge in [0.25, 0.3) is 0 Å². The molecule has 2 aromatic carbocycles. The van der Waals surface area contributed by atoms with Gasteiger partial charge < -0.3 is 15.2 Å². The van der Waals surface area contributed by atoms with Crippen molar-refractivity contribution in [2.75, 3.05) is 12.9 Å². The third kappa shape index (κ3) is 5.66. The lowest BCUT2D eigenvalue weighted by atomic mass is 9.94. The van der Waals surface area contributed by atoms with Gasteiger partial charge in [-0.15, -0.1) is 0 Å². The Hall–Kier alpha value is -2.18. The number of benzene rings is 2. The van der Waals surface area contributed by atoms with Crippen LogP contribution >= 0.6 is 0 Å². The smallest absolute Gasteiger partial charge is 0.225 e. The predicted molar refractivity (Wildman–Crippen MR) is 112 cm³/mol. The van der Waals surface area contributed by atoms with Crippen molar-refractivity contribution < 1.29 is 18.8 Å². The van der Waals surface area contributed by atoms with Crippen LogP contribution in [0.4, 0.5) is 0 Å². The van der Waals surface area contributed by atoms with Crippen LogP contribution in [0.1, 0.15) is 51.0 Å². The van der Waals surface area contributed by atoms with Crippen LogP contribution < -0.4 is 10.1 Å². The highest BCUT2D eigenvalue weighted by molar-refractivity contribution is 7.85. The molecule has 6 heteroatoms. The molecule has 0 saturated heterocycles. The summed E-state index contributed by atoms with van der Waals surface area (Å²) in [5.41, 5.74) is 0.966. The Morgan fingerprint density at radius 1 is 1.14 bits per heavy atom. The van der Waals surface area contributed by atoms with Crippen LogP contribution in [-0.4, -0.2) is 28.1 Å². The first-order chi connectivity index (χ1) is 13.1. The minimum atomic E-state index is -1.42. The van der Waals surface area contributed by atoms with Gasteiger partial charge in [0.2, 0.25) is 5.91 Å². The van der Waals surface area contributed by atoms with Crippen LogP contribution in [0, 0.1) is 5.41 Å². The molecule has 0 fully saturated rings. The standard InChI is InChI=1S/C22H29NO4S/c1-15(23-21(25)22(2,3)4)18-8-6-7-9-20(18)28(26)14-19(24)16-10-12-17(27-5)13-11-16/h6-13,15,19,24H,14H2,1-5H3,(H,23,25)/t15-,19-,28?/m1/s1. The third-order valence-electron chi connectivity index (χ3n) is 4.47. The SMILES string of the molecule is COc1ccc([C@H](O)CS(=O)c2ccccc2[C@@H](C)NC(=O)C(C)(C)C)cc1. The Bertz CT molecular complexity index is 827. The topological polar surface area (TPSA) is 75.6 Å². The highest BCUT2D eigenvalue weighted by Gasteiger charge is 2.25. The molecule has 0 aromatic heterocycles. The number of methoxy groups -OCH3 is 1. The summed E-state index contributed by atoms with van der Waals surface area (Å²) in [7, 11) is 0.159. The first-order valence-corrected chi connectivity index (χ1v) is 10.6. The van der Waals surface area contributed by atoms with Crippen molar-refractivity contribution >= 4 is 16.7 Å². The minimum absolute atomic E-state index is 0.0705. The number of carbonyl (C=O) groups is 1. The van der Waals surface area contributed by atoms with E-state index in [1.807, 2.05) is 45.9 Å². The number of rotatable bonds is 7. The van der Waals surface area contributed by atoms with Crippen LogP contribution in [0.15, 0.2) is 53.4 Å². The van der Waals surface area contributed by atoms with E-state index in [-0.39, 0.29) is 17.7 Å². The number of hydrogen-bond donors (Lipinski definition) is 2. The summed E-state index contributed by atoms with van der Waals surface area (Å²) in [5.74, 6) is 0.702. The zero-order valence-electron chi connectivity index (χ0n) is 17.1. The molecule has 0 saturated carbocycles. The quantitative estimate of drug-likeness (QED) is 0.738. The zero-order chi connectivity index (χ0) is 20.9. The molecule has 0 aliphatic heterocycles. The Balaban J connectivity index is 2.16. The molecule has 0 bridgehead atoms. The summed E-state index contributed by atoms with van der Waals surface area (Å²) in [4.78, 5) is 12.9. The van der Waals surface area contributed by atoms with Gasteiger partial charge in [-0.1, -0.05) is 51.1 Å². The van der Waals surface area contributed by atoms with Crippen LogP contribution in [0.3, 0.4) is 0 Å².